The summed E-state index contributed by atoms with van der Waals surface area (Å²) in [7, 11) is 1.51. The molecule has 0 bridgehead atoms. The van der Waals surface area contributed by atoms with Gasteiger partial charge < -0.3 is 5.32 Å². The summed E-state index contributed by atoms with van der Waals surface area (Å²) >= 11 is 5.22. The smallest absolute Gasteiger partial charge is 0.290 e. The number of nitrogens with zero attached hydrogens (tertiary/aromatic N) is 2. The molecular weight excluding hydrogens is 362 g/mol. The highest BCUT2D eigenvalue weighted by Crippen LogP contribution is 2.14. The predicted octanol–water partition coefficient (Wildman–Crippen LogP) is 2.18. The van der Waals surface area contributed by atoms with Crippen LogP contribution >= 0.6 is 12.2 Å². The highest BCUT2D eigenvalue weighted by atomic mass is 32.1. The van der Waals surface area contributed by atoms with E-state index >= 15 is 0 Å². The van der Waals surface area contributed by atoms with Gasteiger partial charge in [0.2, 0.25) is 0 Å². The van der Waals surface area contributed by atoms with Crippen LogP contribution < -0.4 is 21.7 Å². The molecule has 3 N–H and O–H groups in total. The molecule has 0 atom stereocenters. The molecule has 3 rings (SSSR count). The van der Waals surface area contributed by atoms with Gasteiger partial charge in [0.1, 0.15) is 0 Å². The van der Waals surface area contributed by atoms with Crippen LogP contribution in [0.4, 0.5) is 5.69 Å². The first-order chi connectivity index (χ1) is 12.8. The van der Waals surface area contributed by atoms with E-state index in [1.54, 1.807) is 24.3 Å². The van der Waals surface area contributed by atoms with E-state index in [4.69, 9.17) is 12.2 Å². The summed E-state index contributed by atoms with van der Waals surface area (Å²) in [6.07, 6.45) is 0. The van der Waals surface area contributed by atoms with E-state index in [1.165, 1.54) is 7.05 Å². The number of fused-ring (bicyclic) bond motifs is 1. The Hall–Kier alpha value is -3.26. The van der Waals surface area contributed by atoms with Gasteiger partial charge in [-0.3, -0.25) is 20.4 Å². The van der Waals surface area contributed by atoms with Crippen molar-refractivity contribution in [1.29, 1.82) is 0 Å². The van der Waals surface area contributed by atoms with Gasteiger partial charge in [0, 0.05) is 18.1 Å². The number of aromatic nitrogens is 2. The minimum absolute atomic E-state index is 0.134. The molecule has 0 radical (unpaired) electrons. The summed E-state index contributed by atoms with van der Waals surface area (Å²) in [6.45, 7) is 3.99. The Bertz CT molecular complexity index is 1090. The van der Waals surface area contributed by atoms with Crippen molar-refractivity contribution in [2.75, 3.05) is 5.32 Å². The summed E-state index contributed by atoms with van der Waals surface area (Å²) in [5.41, 5.74) is 8.08. The largest absolute Gasteiger partial charge is 0.331 e. The summed E-state index contributed by atoms with van der Waals surface area (Å²) in [6, 6.07) is 12.8. The molecule has 0 aliphatic rings. The molecule has 27 heavy (non-hydrogen) atoms. The Balaban J connectivity index is 1.74. The molecule has 3 aromatic rings. The third-order valence-electron chi connectivity index (χ3n) is 3.94. The lowest BCUT2D eigenvalue weighted by molar-refractivity contribution is 0.0939. The molecule has 0 aliphatic carbocycles. The Morgan fingerprint density at radius 2 is 1.67 bits per heavy atom. The van der Waals surface area contributed by atoms with Crippen LogP contribution in [0.15, 0.2) is 47.3 Å². The molecule has 0 spiro atoms. The fourth-order valence-electron chi connectivity index (χ4n) is 2.85. The number of thiocarbonyl (C=S) groups is 1. The van der Waals surface area contributed by atoms with E-state index in [-0.39, 0.29) is 16.4 Å². The maximum Gasteiger partial charge on any atom is 0.290 e. The number of aryl methyl sites for hydroxylation is 3. The average Bonchev–Trinajstić information content (AvgIpc) is 2.62. The molecule has 138 valence electrons. The average molecular weight is 381 g/mol. The number of carbonyl (C=O) groups is 1. The van der Waals surface area contributed by atoms with Crippen LogP contribution in [0, 0.1) is 13.8 Å². The number of nitrogens with one attached hydrogen (secondary N) is 3. The number of hydrogen-bond acceptors (Lipinski definition) is 4. The number of benzene rings is 2. The molecule has 1 amide bonds. The van der Waals surface area contributed by atoms with Crippen molar-refractivity contribution in [3.05, 3.63) is 69.6 Å². The standard InChI is InChI=1S/C19H19N5O2S/c1-11-8-12(2)10-13(9-11)20-19(27)22-21-17(25)16-14-6-4-5-7-15(14)18(26)24(3)23-16/h4-10H,1-3H3,(H,21,25)(H2,20,22,27). The zero-order valence-electron chi connectivity index (χ0n) is 15.2. The quantitative estimate of drug-likeness (QED) is 0.466. The second-order valence-electron chi connectivity index (χ2n) is 6.23. The molecular formula is C19H19N5O2S. The van der Waals surface area contributed by atoms with E-state index in [1.807, 2.05) is 26.0 Å². The van der Waals surface area contributed by atoms with E-state index in [0.29, 0.717) is 10.8 Å². The monoisotopic (exact) mass is 381 g/mol. The zero-order valence-corrected chi connectivity index (χ0v) is 16.0. The highest BCUT2D eigenvalue weighted by Gasteiger charge is 2.15. The van der Waals surface area contributed by atoms with Crippen molar-refractivity contribution in [1.82, 2.24) is 20.6 Å². The molecule has 0 saturated carbocycles. The van der Waals surface area contributed by atoms with Gasteiger partial charge in [-0.25, -0.2) is 4.68 Å². The van der Waals surface area contributed by atoms with Gasteiger partial charge in [0.15, 0.2) is 10.8 Å². The van der Waals surface area contributed by atoms with Crippen molar-refractivity contribution in [2.24, 2.45) is 7.05 Å². The Morgan fingerprint density at radius 1 is 1.04 bits per heavy atom. The van der Waals surface area contributed by atoms with Crippen LogP contribution in [-0.2, 0) is 7.05 Å². The van der Waals surface area contributed by atoms with Gasteiger partial charge in [-0.1, -0.05) is 24.3 Å². The molecule has 7 nitrogen and oxygen atoms in total. The second kappa shape index (κ2) is 7.55. The van der Waals surface area contributed by atoms with Gasteiger partial charge in [-0.2, -0.15) is 5.10 Å². The molecule has 0 fully saturated rings. The van der Waals surface area contributed by atoms with E-state index in [9.17, 15) is 9.59 Å². The number of anilines is 1. The third-order valence-corrected chi connectivity index (χ3v) is 4.14. The number of hydrogen-bond donors (Lipinski definition) is 3. The van der Waals surface area contributed by atoms with Crippen LogP contribution in [0.1, 0.15) is 21.6 Å². The predicted molar refractivity (Wildman–Crippen MR) is 110 cm³/mol. The second-order valence-corrected chi connectivity index (χ2v) is 6.64. The maximum absolute atomic E-state index is 12.5. The van der Waals surface area contributed by atoms with Gasteiger partial charge in [0.05, 0.1) is 5.39 Å². The number of hydrazine groups is 1. The summed E-state index contributed by atoms with van der Waals surface area (Å²) < 4.78 is 1.14. The molecule has 0 aliphatic heterocycles. The van der Waals surface area contributed by atoms with Crippen LogP contribution in [0.3, 0.4) is 0 Å². The highest BCUT2D eigenvalue weighted by molar-refractivity contribution is 7.80. The summed E-state index contributed by atoms with van der Waals surface area (Å²) in [5, 5.41) is 8.24. The SMILES string of the molecule is Cc1cc(C)cc(NC(=S)NNC(=O)c2nn(C)c(=O)c3ccccc23)c1. The lowest BCUT2D eigenvalue weighted by atomic mass is 10.1. The zero-order chi connectivity index (χ0) is 19.6. The molecule has 1 heterocycles. The summed E-state index contributed by atoms with van der Waals surface area (Å²) in [4.78, 5) is 24.7. The van der Waals surface area contributed by atoms with Crippen molar-refractivity contribution in [3.8, 4) is 0 Å². The van der Waals surface area contributed by atoms with Crippen LogP contribution in [-0.4, -0.2) is 20.8 Å². The van der Waals surface area contributed by atoms with Crippen molar-refractivity contribution < 1.29 is 4.79 Å². The normalized spacial score (nSPS) is 10.5. The molecule has 0 unspecified atom stereocenters. The van der Waals surface area contributed by atoms with Crippen LogP contribution in [0.5, 0.6) is 0 Å². The molecule has 0 saturated heterocycles. The van der Waals surface area contributed by atoms with E-state index < -0.39 is 5.91 Å². The van der Waals surface area contributed by atoms with Gasteiger partial charge in [-0.15, -0.1) is 0 Å². The first-order valence-electron chi connectivity index (χ1n) is 8.27. The Morgan fingerprint density at radius 3 is 2.33 bits per heavy atom. The number of rotatable bonds is 2. The van der Waals surface area contributed by atoms with Gasteiger partial charge in [0.25, 0.3) is 11.5 Å². The fraction of sp³-hybridized carbons (Fsp3) is 0.158. The van der Waals surface area contributed by atoms with Crippen LogP contribution in [0.25, 0.3) is 10.8 Å². The summed E-state index contributed by atoms with van der Waals surface area (Å²) in [5.74, 6) is -0.494. The minimum Gasteiger partial charge on any atom is -0.331 e. The first kappa shape index (κ1) is 18.5. The van der Waals surface area contributed by atoms with Gasteiger partial charge >= 0.3 is 0 Å². The molecule has 8 heteroatoms. The van der Waals surface area contributed by atoms with E-state index in [0.717, 1.165) is 21.5 Å². The van der Waals surface area contributed by atoms with Crippen molar-refractivity contribution in [2.45, 2.75) is 13.8 Å². The Kier molecular flexibility index (Phi) is 5.18. The Labute approximate surface area is 161 Å². The minimum atomic E-state index is -0.494. The fourth-order valence-corrected chi connectivity index (χ4v) is 3.02. The lowest BCUT2D eigenvalue weighted by Gasteiger charge is -2.13. The molecule has 1 aromatic heterocycles. The van der Waals surface area contributed by atoms with Gasteiger partial charge in [-0.05, 0) is 55.4 Å². The topological polar surface area (TPSA) is 88.0 Å². The van der Waals surface area contributed by atoms with Crippen LogP contribution in [0.2, 0.25) is 0 Å². The number of carbonyl (C=O) groups excluding carboxylic acids is 1. The lowest BCUT2D eigenvalue weighted by Crippen LogP contribution is -2.44. The third kappa shape index (κ3) is 4.12. The van der Waals surface area contributed by atoms with Crippen molar-refractivity contribution in [3.63, 3.8) is 0 Å². The molecule has 2 aromatic carbocycles. The van der Waals surface area contributed by atoms with Crippen molar-refractivity contribution >= 4 is 39.7 Å². The maximum atomic E-state index is 12.5. The first-order valence-corrected chi connectivity index (χ1v) is 8.67. The van der Waals surface area contributed by atoms with E-state index in [2.05, 4.69) is 27.3 Å². The number of amides is 1.